The molecule has 0 bridgehead atoms. The molecule has 0 aromatic heterocycles. The van der Waals surface area contributed by atoms with Crippen molar-refractivity contribution in [2.24, 2.45) is 11.7 Å². The Morgan fingerprint density at radius 2 is 2.17 bits per heavy atom. The second-order valence-corrected chi connectivity index (χ2v) is 6.82. The molecule has 0 radical (unpaired) electrons. The van der Waals surface area contributed by atoms with Crippen LogP contribution in [-0.4, -0.2) is 5.25 Å². The van der Waals surface area contributed by atoms with Gasteiger partial charge in [0.25, 0.3) is 0 Å². The fourth-order valence-electron chi connectivity index (χ4n) is 2.65. The van der Waals surface area contributed by atoms with Gasteiger partial charge in [0.15, 0.2) is 0 Å². The summed E-state index contributed by atoms with van der Waals surface area (Å²) in [6.07, 6.45) is 5.19. The van der Waals surface area contributed by atoms with E-state index in [4.69, 9.17) is 5.73 Å². The molecule has 1 fully saturated rings. The Labute approximate surface area is 113 Å². The molecule has 18 heavy (non-hydrogen) atoms. The van der Waals surface area contributed by atoms with Crippen molar-refractivity contribution >= 4 is 11.8 Å². The van der Waals surface area contributed by atoms with Gasteiger partial charge < -0.3 is 5.73 Å². The molecule has 1 nitrogen and oxygen atoms in total. The van der Waals surface area contributed by atoms with Crippen molar-refractivity contribution in [3.8, 4) is 0 Å². The van der Waals surface area contributed by atoms with Crippen molar-refractivity contribution < 1.29 is 4.39 Å². The van der Waals surface area contributed by atoms with Gasteiger partial charge >= 0.3 is 0 Å². The van der Waals surface area contributed by atoms with E-state index in [0.717, 1.165) is 16.4 Å². The lowest BCUT2D eigenvalue weighted by Crippen LogP contribution is -2.16. The highest BCUT2D eigenvalue weighted by Crippen LogP contribution is 2.38. The Kier molecular flexibility index (Phi) is 4.68. The van der Waals surface area contributed by atoms with Crippen LogP contribution in [0.1, 0.15) is 51.1 Å². The van der Waals surface area contributed by atoms with Crippen LogP contribution in [0.15, 0.2) is 23.1 Å². The summed E-state index contributed by atoms with van der Waals surface area (Å²) in [4.78, 5) is 1.16. The topological polar surface area (TPSA) is 26.0 Å². The van der Waals surface area contributed by atoms with E-state index in [0.29, 0.717) is 5.25 Å². The van der Waals surface area contributed by atoms with Gasteiger partial charge in [-0.25, -0.2) is 4.39 Å². The zero-order valence-corrected chi connectivity index (χ0v) is 12.0. The van der Waals surface area contributed by atoms with E-state index >= 15 is 0 Å². The number of hydrogen-bond acceptors (Lipinski definition) is 2. The number of thioether (sulfide) groups is 1. The fraction of sp³-hybridized carbons (Fsp3) is 0.600. The summed E-state index contributed by atoms with van der Waals surface area (Å²) in [7, 11) is 0. The summed E-state index contributed by atoms with van der Waals surface area (Å²) in [6, 6.07) is 4.90. The average Bonchev–Trinajstić information content (AvgIpc) is 2.31. The maximum Gasteiger partial charge on any atom is 0.123 e. The lowest BCUT2D eigenvalue weighted by atomic mass is 9.91. The quantitative estimate of drug-likeness (QED) is 0.871. The number of rotatable bonds is 3. The van der Waals surface area contributed by atoms with Crippen LogP contribution < -0.4 is 5.73 Å². The molecule has 2 unspecified atom stereocenters. The maximum absolute atomic E-state index is 13.3. The van der Waals surface area contributed by atoms with Crippen LogP contribution in [-0.2, 0) is 0 Å². The first-order valence-corrected chi connectivity index (χ1v) is 7.66. The van der Waals surface area contributed by atoms with E-state index in [-0.39, 0.29) is 11.9 Å². The van der Waals surface area contributed by atoms with E-state index < -0.39 is 0 Å². The molecule has 0 spiro atoms. The number of halogens is 1. The first kappa shape index (κ1) is 13.9. The van der Waals surface area contributed by atoms with Crippen molar-refractivity contribution in [2.75, 3.05) is 0 Å². The summed E-state index contributed by atoms with van der Waals surface area (Å²) in [5, 5.41) is 0.664. The maximum atomic E-state index is 13.3. The summed E-state index contributed by atoms with van der Waals surface area (Å²) < 4.78 is 13.3. The molecule has 1 aliphatic rings. The molecule has 0 aliphatic heterocycles. The Morgan fingerprint density at radius 3 is 2.83 bits per heavy atom. The highest BCUT2D eigenvalue weighted by Gasteiger charge is 2.21. The molecule has 0 amide bonds. The Balaban J connectivity index is 2.12. The van der Waals surface area contributed by atoms with Crippen LogP contribution in [0, 0.1) is 11.7 Å². The normalized spacial score (nSPS) is 26.0. The molecule has 2 rings (SSSR count). The predicted molar refractivity (Wildman–Crippen MR) is 76.3 cm³/mol. The van der Waals surface area contributed by atoms with E-state index in [1.165, 1.54) is 25.7 Å². The molecule has 2 N–H and O–H groups in total. The first-order valence-electron chi connectivity index (χ1n) is 6.78. The van der Waals surface area contributed by atoms with Crippen LogP contribution in [0.3, 0.4) is 0 Å². The van der Waals surface area contributed by atoms with Gasteiger partial charge in [0.2, 0.25) is 0 Å². The van der Waals surface area contributed by atoms with Crippen LogP contribution in [0.5, 0.6) is 0 Å². The predicted octanol–water partition coefficient (Wildman–Crippen LogP) is 4.52. The fourth-order valence-corrected chi connectivity index (χ4v) is 4.24. The third-order valence-corrected chi connectivity index (χ3v) is 5.03. The van der Waals surface area contributed by atoms with Crippen LogP contribution in [0.4, 0.5) is 4.39 Å². The van der Waals surface area contributed by atoms with E-state index in [9.17, 15) is 4.39 Å². The second-order valence-electron chi connectivity index (χ2n) is 5.48. The van der Waals surface area contributed by atoms with Gasteiger partial charge in [-0.3, -0.25) is 0 Å². The molecule has 3 atom stereocenters. The van der Waals surface area contributed by atoms with Crippen LogP contribution >= 0.6 is 11.8 Å². The Bertz CT molecular complexity index is 405. The van der Waals surface area contributed by atoms with E-state index in [1.807, 2.05) is 24.8 Å². The summed E-state index contributed by atoms with van der Waals surface area (Å²) in [6.45, 7) is 4.24. The first-order chi connectivity index (χ1) is 8.56. The van der Waals surface area contributed by atoms with Crippen LogP contribution in [0.25, 0.3) is 0 Å². The molecular formula is C15H22FNS. The van der Waals surface area contributed by atoms with Crippen molar-refractivity contribution in [1.82, 2.24) is 0 Å². The molecule has 1 aliphatic carbocycles. The van der Waals surface area contributed by atoms with Crippen LogP contribution in [0.2, 0.25) is 0 Å². The minimum Gasteiger partial charge on any atom is -0.324 e. The van der Waals surface area contributed by atoms with Crippen molar-refractivity contribution in [2.45, 2.75) is 55.7 Å². The zero-order chi connectivity index (χ0) is 13.1. The van der Waals surface area contributed by atoms with Gasteiger partial charge in [-0.15, -0.1) is 11.8 Å². The van der Waals surface area contributed by atoms with Crippen molar-refractivity contribution in [1.29, 1.82) is 0 Å². The van der Waals surface area contributed by atoms with Gasteiger partial charge in [0, 0.05) is 16.2 Å². The molecule has 100 valence electrons. The zero-order valence-electron chi connectivity index (χ0n) is 11.2. The average molecular weight is 267 g/mol. The summed E-state index contributed by atoms with van der Waals surface area (Å²) in [5.41, 5.74) is 6.88. The third kappa shape index (κ3) is 3.48. The van der Waals surface area contributed by atoms with Gasteiger partial charge in [0.1, 0.15) is 5.82 Å². The second kappa shape index (κ2) is 6.07. The highest BCUT2D eigenvalue weighted by atomic mass is 32.2. The van der Waals surface area contributed by atoms with Gasteiger partial charge in [-0.05, 0) is 49.4 Å². The lowest BCUT2D eigenvalue weighted by molar-refractivity contribution is 0.394. The molecule has 0 saturated heterocycles. The molecule has 3 heteroatoms. The van der Waals surface area contributed by atoms with Gasteiger partial charge in [0.05, 0.1) is 0 Å². The van der Waals surface area contributed by atoms with E-state index in [2.05, 4.69) is 6.92 Å². The number of nitrogens with two attached hydrogens (primary N) is 1. The number of hydrogen-bond donors (Lipinski definition) is 1. The molecule has 1 saturated carbocycles. The minimum absolute atomic E-state index is 0.107. The monoisotopic (exact) mass is 267 g/mol. The van der Waals surface area contributed by atoms with Gasteiger partial charge in [-0.1, -0.05) is 19.8 Å². The molecule has 1 aromatic rings. The number of benzene rings is 1. The summed E-state index contributed by atoms with van der Waals surface area (Å²) in [5.74, 6) is 0.624. The molecule has 0 heterocycles. The summed E-state index contributed by atoms with van der Waals surface area (Å²) >= 11 is 1.89. The smallest absolute Gasteiger partial charge is 0.123 e. The Morgan fingerprint density at radius 1 is 1.39 bits per heavy atom. The minimum atomic E-state index is -0.191. The molecule has 1 aromatic carbocycles. The van der Waals surface area contributed by atoms with E-state index in [1.54, 1.807) is 12.1 Å². The van der Waals surface area contributed by atoms with Crippen molar-refractivity contribution in [3.63, 3.8) is 0 Å². The third-order valence-electron chi connectivity index (χ3n) is 3.64. The highest BCUT2D eigenvalue weighted by molar-refractivity contribution is 8.00. The largest absolute Gasteiger partial charge is 0.324 e. The standard InChI is InChI=1S/C15H22FNS/c1-10-4-3-5-13(8-10)18-15-7-6-12(16)9-14(15)11(2)17/h6-7,9-11,13H,3-5,8,17H2,1-2H3/t10?,11-,13?/m0/s1. The SMILES string of the molecule is CC1CCCC(Sc2ccc(F)cc2[C@H](C)N)C1. The lowest BCUT2D eigenvalue weighted by Gasteiger charge is -2.27. The van der Waals surface area contributed by atoms with Crippen molar-refractivity contribution in [3.05, 3.63) is 29.6 Å². The molecular weight excluding hydrogens is 245 g/mol. The Hall–Kier alpha value is -0.540. The van der Waals surface area contributed by atoms with Gasteiger partial charge in [-0.2, -0.15) is 0 Å².